The van der Waals surface area contributed by atoms with Gasteiger partial charge in [0.2, 0.25) is 0 Å². The van der Waals surface area contributed by atoms with Gasteiger partial charge in [0.05, 0.1) is 34.9 Å². The first-order chi connectivity index (χ1) is 10.3. The van der Waals surface area contributed by atoms with Crippen molar-refractivity contribution in [3.63, 3.8) is 0 Å². The first-order valence-electron chi connectivity index (χ1n) is 6.83. The molecular weight excluding hydrogens is 351 g/mol. The van der Waals surface area contributed by atoms with Crippen LogP contribution < -0.4 is 0 Å². The zero-order chi connectivity index (χ0) is 16.5. The molecule has 118 valence electrons. The molecule has 0 fully saturated rings. The van der Waals surface area contributed by atoms with Crippen LogP contribution >= 0.6 is 15.9 Å². The van der Waals surface area contributed by atoms with E-state index >= 15 is 0 Å². The summed E-state index contributed by atoms with van der Waals surface area (Å²) < 4.78 is 20.6. The maximum absolute atomic E-state index is 13.1. The molecule has 0 aliphatic heterocycles. The van der Waals surface area contributed by atoms with Gasteiger partial charge in [-0.25, -0.2) is 4.39 Å². The highest BCUT2D eigenvalue weighted by Gasteiger charge is 2.31. The molecule has 22 heavy (non-hydrogen) atoms. The number of nitrogens with zero attached hydrogens (tertiary/aromatic N) is 2. The van der Waals surface area contributed by atoms with Crippen LogP contribution in [-0.2, 0) is 16.1 Å². The van der Waals surface area contributed by atoms with Gasteiger partial charge in [-0.1, -0.05) is 0 Å². The molecule has 0 saturated carbocycles. The minimum atomic E-state index is -0.721. The Hall–Kier alpha value is -1.69. The molecule has 0 aliphatic rings. The Morgan fingerprint density at radius 1 is 1.36 bits per heavy atom. The van der Waals surface area contributed by atoms with E-state index in [-0.39, 0.29) is 11.8 Å². The third-order valence-electron chi connectivity index (χ3n) is 3.46. The second-order valence-corrected chi connectivity index (χ2v) is 6.58. The molecule has 0 unspecified atom stereocenters. The molecule has 2 aromatic rings. The van der Waals surface area contributed by atoms with Crippen molar-refractivity contribution in [3.05, 3.63) is 40.2 Å². The molecule has 0 N–H and O–H groups in total. The number of rotatable bonds is 4. The van der Waals surface area contributed by atoms with Gasteiger partial charge >= 0.3 is 5.97 Å². The average molecular weight is 369 g/mol. The molecule has 1 aromatic carbocycles. The third-order valence-corrected chi connectivity index (χ3v) is 4.40. The van der Waals surface area contributed by atoms with Gasteiger partial charge in [-0.05, 0) is 61.0 Å². The van der Waals surface area contributed by atoms with E-state index < -0.39 is 5.41 Å². The van der Waals surface area contributed by atoms with E-state index in [0.717, 1.165) is 21.4 Å². The number of aryl methyl sites for hydroxylation is 1. The molecule has 0 saturated heterocycles. The lowest BCUT2D eigenvalue weighted by atomic mass is 9.93. The van der Waals surface area contributed by atoms with Gasteiger partial charge in [0.15, 0.2) is 0 Å². The number of ether oxygens (including phenoxy) is 1. The zero-order valence-corrected chi connectivity index (χ0v) is 14.6. The average Bonchev–Trinajstić information content (AvgIpc) is 2.73. The summed E-state index contributed by atoms with van der Waals surface area (Å²) in [6, 6.07) is 6.19. The maximum Gasteiger partial charge on any atom is 0.313 e. The van der Waals surface area contributed by atoms with E-state index in [9.17, 15) is 9.18 Å². The van der Waals surface area contributed by atoms with Crippen molar-refractivity contribution in [1.82, 2.24) is 9.78 Å². The Morgan fingerprint density at radius 3 is 2.50 bits per heavy atom. The van der Waals surface area contributed by atoms with Crippen molar-refractivity contribution in [2.45, 2.75) is 27.3 Å². The topological polar surface area (TPSA) is 44.1 Å². The van der Waals surface area contributed by atoms with Crippen LogP contribution in [0.3, 0.4) is 0 Å². The van der Waals surface area contributed by atoms with Gasteiger partial charge in [0, 0.05) is 5.56 Å². The lowest BCUT2D eigenvalue weighted by molar-refractivity contribution is -0.151. The molecule has 0 amide bonds. The van der Waals surface area contributed by atoms with Crippen LogP contribution in [0.2, 0.25) is 0 Å². The summed E-state index contributed by atoms with van der Waals surface area (Å²) in [5.74, 6) is -0.598. The van der Waals surface area contributed by atoms with Crippen LogP contribution in [0.25, 0.3) is 11.3 Å². The van der Waals surface area contributed by atoms with Crippen LogP contribution in [-0.4, -0.2) is 22.9 Å². The zero-order valence-electron chi connectivity index (χ0n) is 13.0. The Bertz CT molecular complexity index is 693. The molecule has 0 aliphatic carbocycles. The van der Waals surface area contributed by atoms with Crippen LogP contribution in [0, 0.1) is 18.2 Å². The van der Waals surface area contributed by atoms with Crippen molar-refractivity contribution < 1.29 is 13.9 Å². The summed E-state index contributed by atoms with van der Waals surface area (Å²) in [7, 11) is 1.37. The van der Waals surface area contributed by atoms with Crippen molar-refractivity contribution >= 4 is 21.9 Å². The SMILES string of the molecule is COC(=O)C(C)(C)Cn1nc(C)c(Br)c1-c1ccc(F)cc1. The molecule has 0 atom stereocenters. The van der Waals surface area contributed by atoms with E-state index in [0.29, 0.717) is 6.54 Å². The fourth-order valence-corrected chi connectivity index (χ4v) is 2.79. The number of carbonyl (C=O) groups excluding carboxylic acids is 1. The Kier molecular flexibility index (Phi) is 4.70. The van der Waals surface area contributed by atoms with E-state index in [1.54, 1.807) is 30.7 Å². The highest BCUT2D eigenvalue weighted by Crippen LogP contribution is 2.33. The summed E-state index contributed by atoms with van der Waals surface area (Å²) >= 11 is 3.52. The lowest BCUT2D eigenvalue weighted by Gasteiger charge is -2.22. The van der Waals surface area contributed by atoms with Gasteiger partial charge < -0.3 is 4.74 Å². The number of methoxy groups -OCH3 is 1. The third kappa shape index (κ3) is 3.21. The molecule has 6 heteroatoms. The fraction of sp³-hybridized carbons (Fsp3) is 0.375. The maximum atomic E-state index is 13.1. The van der Waals surface area contributed by atoms with Gasteiger partial charge in [-0.3, -0.25) is 9.48 Å². The quantitative estimate of drug-likeness (QED) is 0.767. The van der Waals surface area contributed by atoms with Crippen molar-refractivity contribution in [2.24, 2.45) is 5.41 Å². The Balaban J connectivity index is 2.47. The summed E-state index contributed by atoms with van der Waals surface area (Å²) in [5, 5.41) is 4.48. The minimum Gasteiger partial charge on any atom is -0.469 e. The Labute approximate surface area is 137 Å². The lowest BCUT2D eigenvalue weighted by Crippen LogP contribution is -2.31. The van der Waals surface area contributed by atoms with E-state index in [2.05, 4.69) is 21.0 Å². The molecule has 0 radical (unpaired) electrons. The molecule has 1 aromatic heterocycles. The fourth-order valence-electron chi connectivity index (χ4n) is 2.27. The molecular formula is C16H18BrFN2O2. The number of hydrogen-bond acceptors (Lipinski definition) is 3. The van der Waals surface area contributed by atoms with Gasteiger partial charge in [-0.2, -0.15) is 5.10 Å². The van der Waals surface area contributed by atoms with Gasteiger partial charge in [-0.15, -0.1) is 0 Å². The minimum absolute atomic E-state index is 0.294. The first-order valence-corrected chi connectivity index (χ1v) is 7.63. The van der Waals surface area contributed by atoms with Gasteiger partial charge in [0.1, 0.15) is 5.82 Å². The number of esters is 1. The van der Waals surface area contributed by atoms with Crippen LogP contribution in [0.5, 0.6) is 0 Å². The molecule has 1 heterocycles. The smallest absolute Gasteiger partial charge is 0.313 e. The Morgan fingerprint density at radius 2 is 1.95 bits per heavy atom. The van der Waals surface area contributed by atoms with Crippen molar-refractivity contribution in [3.8, 4) is 11.3 Å². The monoisotopic (exact) mass is 368 g/mol. The number of hydrogen-bond donors (Lipinski definition) is 0. The van der Waals surface area contributed by atoms with Crippen molar-refractivity contribution in [2.75, 3.05) is 7.11 Å². The molecule has 0 spiro atoms. The summed E-state index contributed by atoms with van der Waals surface area (Å²) in [5.41, 5.74) is 1.73. The molecule has 0 bridgehead atoms. The number of aromatic nitrogens is 2. The predicted octanol–water partition coefficient (Wildman–Crippen LogP) is 3.96. The highest BCUT2D eigenvalue weighted by atomic mass is 79.9. The van der Waals surface area contributed by atoms with Crippen LogP contribution in [0.15, 0.2) is 28.7 Å². The summed E-state index contributed by atoms with van der Waals surface area (Å²) in [6.45, 7) is 5.84. The number of carbonyl (C=O) groups is 1. The van der Waals surface area contributed by atoms with Crippen LogP contribution in [0.1, 0.15) is 19.5 Å². The standard InChI is InChI=1S/C16H18BrFN2O2/c1-10-13(17)14(11-5-7-12(18)8-6-11)20(19-10)9-16(2,3)15(21)22-4/h5-8H,9H2,1-4H3. The van der Waals surface area contributed by atoms with Crippen molar-refractivity contribution in [1.29, 1.82) is 0 Å². The first kappa shape index (κ1) is 16.7. The second-order valence-electron chi connectivity index (χ2n) is 5.79. The van der Waals surface area contributed by atoms with E-state index in [1.165, 1.54) is 19.2 Å². The normalized spacial score (nSPS) is 11.5. The highest BCUT2D eigenvalue weighted by molar-refractivity contribution is 9.10. The van der Waals surface area contributed by atoms with Crippen LogP contribution in [0.4, 0.5) is 4.39 Å². The summed E-state index contributed by atoms with van der Waals surface area (Å²) in [6.07, 6.45) is 0. The predicted molar refractivity (Wildman–Crippen MR) is 85.9 cm³/mol. The number of halogens is 2. The second kappa shape index (κ2) is 6.20. The largest absolute Gasteiger partial charge is 0.469 e. The summed E-state index contributed by atoms with van der Waals surface area (Å²) in [4.78, 5) is 11.9. The molecule has 2 rings (SSSR count). The number of benzene rings is 1. The van der Waals surface area contributed by atoms with E-state index in [1.807, 2.05) is 6.92 Å². The van der Waals surface area contributed by atoms with Gasteiger partial charge in [0.25, 0.3) is 0 Å². The van der Waals surface area contributed by atoms with E-state index in [4.69, 9.17) is 4.74 Å². The molecule has 4 nitrogen and oxygen atoms in total.